The van der Waals surface area contributed by atoms with Gasteiger partial charge in [0.1, 0.15) is 0 Å². The largest absolute Gasteiger partial charge is 0.338 e. The van der Waals surface area contributed by atoms with Gasteiger partial charge in [0.2, 0.25) is 0 Å². The second-order valence-electron chi connectivity index (χ2n) is 6.24. The minimum atomic E-state index is -1.07. The van der Waals surface area contributed by atoms with Gasteiger partial charge >= 0.3 is 0 Å². The van der Waals surface area contributed by atoms with Crippen LogP contribution in [-0.2, 0) is 0 Å². The molecule has 1 heterocycles. The van der Waals surface area contributed by atoms with Crippen LogP contribution in [0.25, 0.3) is 0 Å². The number of rotatable bonds is 3. The molecule has 132 valence electrons. The quantitative estimate of drug-likeness (QED) is 0.792. The zero-order valence-electron chi connectivity index (χ0n) is 13.9. The molecule has 2 aromatic carbocycles. The van der Waals surface area contributed by atoms with E-state index in [9.17, 15) is 18.4 Å². The van der Waals surface area contributed by atoms with Crippen molar-refractivity contribution >= 4 is 11.7 Å². The molecule has 4 nitrogen and oxygen atoms in total. The fourth-order valence-corrected chi connectivity index (χ4v) is 3.20. The van der Waals surface area contributed by atoms with Crippen molar-refractivity contribution in [3.8, 4) is 6.07 Å². The molecule has 1 aliphatic rings. The zero-order chi connectivity index (χ0) is 18.7. The van der Waals surface area contributed by atoms with Crippen LogP contribution in [0.4, 0.5) is 8.78 Å². The Kier molecular flexibility index (Phi) is 5.08. The number of carbonyl (C=O) groups is 2. The fourth-order valence-electron chi connectivity index (χ4n) is 3.20. The highest BCUT2D eigenvalue weighted by Crippen LogP contribution is 2.24. The maximum absolute atomic E-state index is 13.4. The summed E-state index contributed by atoms with van der Waals surface area (Å²) in [7, 11) is 0. The zero-order valence-corrected chi connectivity index (χ0v) is 13.9. The van der Waals surface area contributed by atoms with Crippen LogP contribution in [0.1, 0.15) is 39.1 Å². The third-order valence-corrected chi connectivity index (χ3v) is 4.56. The van der Waals surface area contributed by atoms with Crippen molar-refractivity contribution in [3.05, 3.63) is 70.8 Å². The highest BCUT2D eigenvalue weighted by atomic mass is 19.2. The summed E-state index contributed by atoms with van der Waals surface area (Å²) in [5, 5.41) is 9.16. The third kappa shape index (κ3) is 3.47. The number of likely N-dealkylation sites (tertiary alicyclic amines) is 1. The molecule has 0 spiro atoms. The minimum Gasteiger partial charge on any atom is -0.338 e. The Hall–Kier alpha value is -3.07. The standard InChI is InChI=1S/C20H16F2N2O2/c21-17-8-7-13(10-18(17)22)19(25)15-5-3-9-24(12-15)20(26)16-6-2-1-4-14(16)11-23/h1-2,4,6-8,10,15H,3,5,9,12H2. The van der Waals surface area contributed by atoms with Crippen LogP contribution in [0, 0.1) is 28.9 Å². The van der Waals surface area contributed by atoms with Crippen molar-refractivity contribution in [3.63, 3.8) is 0 Å². The first-order valence-electron chi connectivity index (χ1n) is 8.29. The van der Waals surface area contributed by atoms with E-state index >= 15 is 0 Å². The van der Waals surface area contributed by atoms with Crippen LogP contribution in [-0.4, -0.2) is 29.7 Å². The van der Waals surface area contributed by atoms with Crippen molar-refractivity contribution in [2.24, 2.45) is 5.92 Å². The van der Waals surface area contributed by atoms with E-state index in [1.165, 1.54) is 6.07 Å². The first-order valence-corrected chi connectivity index (χ1v) is 8.29. The van der Waals surface area contributed by atoms with E-state index in [0.717, 1.165) is 12.1 Å². The smallest absolute Gasteiger partial charge is 0.255 e. The van der Waals surface area contributed by atoms with Gasteiger partial charge in [0.25, 0.3) is 5.91 Å². The number of hydrogen-bond donors (Lipinski definition) is 0. The van der Waals surface area contributed by atoms with Gasteiger partial charge in [-0.1, -0.05) is 12.1 Å². The molecule has 1 atom stereocenters. The molecule has 0 bridgehead atoms. The van der Waals surface area contributed by atoms with E-state index in [4.69, 9.17) is 5.26 Å². The van der Waals surface area contributed by atoms with Gasteiger partial charge in [-0.05, 0) is 43.2 Å². The number of benzene rings is 2. The first-order chi connectivity index (χ1) is 12.5. The molecule has 1 aliphatic heterocycles. The molecule has 0 saturated carbocycles. The summed E-state index contributed by atoms with van der Waals surface area (Å²) in [6.45, 7) is 0.677. The number of ketones is 1. The number of nitriles is 1. The summed E-state index contributed by atoms with van der Waals surface area (Å²) in [5.74, 6) is -3.16. The van der Waals surface area contributed by atoms with Crippen molar-refractivity contribution in [2.45, 2.75) is 12.8 Å². The third-order valence-electron chi connectivity index (χ3n) is 4.56. The van der Waals surface area contributed by atoms with Gasteiger partial charge < -0.3 is 4.90 Å². The van der Waals surface area contributed by atoms with Gasteiger partial charge in [0.05, 0.1) is 17.2 Å². The van der Waals surface area contributed by atoms with Gasteiger partial charge in [0.15, 0.2) is 17.4 Å². The molecular weight excluding hydrogens is 338 g/mol. The average Bonchev–Trinajstić information content (AvgIpc) is 2.69. The Bertz CT molecular complexity index is 905. The van der Waals surface area contributed by atoms with Gasteiger partial charge in [-0.3, -0.25) is 9.59 Å². The van der Waals surface area contributed by atoms with Gasteiger partial charge in [-0.2, -0.15) is 5.26 Å². The van der Waals surface area contributed by atoms with Crippen molar-refractivity contribution in [2.75, 3.05) is 13.1 Å². The second kappa shape index (κ2) is 7.44. The van der Waals surface area contributed by atoms with Crippen LogP contribution in [0.5, 0.6) is 0 Å². The summed E-state index contributed by atoms with van der Waals surface area (Å²) >= 11 is 0. The number of nitrogens with zero attached hydrogens (tertiary/aromatic N) is 2. The van der Waals surface area contributed by atoms with Crippen LogP contribution >= 0.6 is 0 Å². The monoisotopic (exact) mass is 354 g/mol. The molecule has 3 rings (SSSR count). The van der Waals surface area contributed by atoms with Crippen LogP contribution < -0.4 is 0 Å². The number of Topliss-reactive ketones (excluding diaryl/α,β-unsaturated/α-hetero) is 1. The molecule has 1 fully saturated rings. The fraction of sp³-hybridized carbons (Fsp3) is 0.250. The average molecular weight is 354 g/mol. The molecule has 2 aromatic rings. The summed E-state index contributed by atoms with van der Waals surface area (Å²) in [4.78, 5) is 26.9. The summed E-state index contributed by atoms with van der Waals surface area (Å²) in [6.07, 6.45) is 1.20. The highest BCUT2D eigenvalue weighted by Gasteiger charge is 2.30. The Labute approximate surface area is 149 Å². The summed E-state index contributed by atoms with van der Waals surface area (Å²) in [5.41, 5.74) is 0.683. The predicted molar refractivity (Wildman–Crippen MR) is 90.5 cm³/mol. The number of piperidine rings is 1. The molecular formula is C20H16F2N2O2. The second-order valence-corrected chi connectivity index (χ2v) is 6.24. The first kappa shape index (κ1) is 17.7. The molecule has 1 unspecified atom stereocenters. The van der Waals surface area contributed by atoms with Gasteiger partial charge in [-0.15, -0.1) is 0 Å². The van der Waals surface area contributed by atoms with E-state index in [1.807, 2.05) is 6.07 Å². The normalized spacial score (nSPS) is 16.8. The number of hydrogen-bond acceptors (Lipinski definition) is 3. The van der Waals surface area contributed by atoms with E-state index in [1.54, 1.807) is 29.2 Å². The number of carbonyl (C=O) groups excluding carboxylic acids is 2. The lowest BCUT2D eigenvalue weighted by Gasteiger charge is -2.32. The van der Waals surface area contributed by atoms with Crippen molar-refractivity contribution in [1.29, 1.82) is 5.26 Å². The Balaban J connectivity index is 1.78. The lowest BCUT2D eigenvalue weighted by Crippen LogP contribution is -2.42. The SMILES string of the molecule is N#Cc1ccccc1C(=O)N1CCCC(C(=O)c2ccc(F)c(F)c2)C1. The van der Waals surface area contributed by atoms with Crippen LogP contribution in [0.3, 0.4) is 0 Å². The lowest BCUT2D eigenvalue weighted by molar-refractivity contribution is 0.0636. The van der Waals surface area contributed by atoms with E-state index in [-0.39, 0.29) is 29.4 Å². The molecule has 0 N–H and O–H groups in total. The molecule has 1 saturated heterocycles. The summed E-state index contributed by atoms with van der Waals surface area (Å²) in [6, 6.07) is 11.6. The minimum absolute atomic E-state index is 0.0978. The van der Waals surface area contributed by atoms with E-state index in [2.05, 4.69) is 0 Å². The van der Waals surface area contributed by atoms with Gasteiger partial charge in [0, 0.05) is 24.6 Å². The Morgan fingerprint density at radius 1 is 1.12 bits per heavy atom. The predicted octanol–water partition coefficient (Wildman–Crippen LogP) is 3.57. The number of amides is 1. The molecule has 0 aromatic heterocycles. The topological polar surface area (TPSA) is 61.2 Å². The Morgan fingerprint density at radius 3 is 2.62 bits per heavy atom. The Morgan fingerprint density at radius 2 is 1.88 bits per heavy atom. The van der Waals surface area contributed by atoms with E-state index in [0.29, 0.717) is 24.9 Å². The number of halogens is 2. The maximum Gasteiger partial charge on any atom is 0.255 e. The summed E-state index contributed by atoms with van der Waals surface area (Å²) < 4.78 is 26.5. The molecule has 1 amide bonds. The molecule has 6 heteroatoms. The highest BCUT2D eigenvalue weighted by molar-refractivity contribution is 6.00. The lowest BCUT2D eigenvalue weighted by atomic mass is 9.89. The van der Waals surface area contributed by atoms with Gasteiger partial charge in [-0.25, -0.2) is 8.78 Å². The molecule has 0 aliphatic carbocycles. The van der Waals surface area contributed by atoms with E-state index < -0.39 is 17.6 Å². The van der Waals surface area contributed by atoms with Crippen LogP contribution in [0.2, 0.25) is 0 Å². The maximum atomic E-state index is 13.4. The van der Waals surface area contributed by atoms with Crippen molar-refractivity contribution in [1.82, 2.24) is 4.90 Å². The van der Waals surface area contributed by atoms with Crippen LogP contribution in [0.15, 0.2) is 42.5 Å². The molecule has 26 heavy (non-hydrogen) atoms. The molecule has 0 radical (unpaired) electrons. The van der Waals surface area contributed by atoms with Crippen molar-refractivity contribution < 1.29 is 18.4 Å².